The van der Waals surface area contributed by atoms with E-state index in [4.69, 9.17) is 14.5 Å². The van der Waals surface area contributed by atoms with E-state index in [0.717, 1.165) is 60.7 Å². The second kappa shape index (κ2) is 15.0. The van der Waals surface area contributed by atoms with Gasteiger partial charge in [-0.05, 0) is 62.6 Å². The van der Waals surface area contributed by atoms with Crippen molar-refractivity contribution in [1.82, 2.24) is 15.0 Å². The SMILES string of the molecule is CCOC(=O)CC(c1ccc(OC)nc1)c1ncc(CCCCc2ccc3c(n2)NCCC3)s1.[Li+].[OH-]. The van der Waals surface area contributed by atoms with E-state index >= 15 is 0 Å². The minimum Gasteiger partial charge on any atom is -0.870 e. The Morgan fingerprint density at radius 2 is 1.97 bits per heavy atom. The molecule has 0 saturated heterocycles. The van der Waals surface area contributed by atoms with Gasteiger partial charge in [0.15, 0.2) is 0 Å². The number of nitrogens with one attached hydrogen (secondary N) is 1. The number of unbranched alkanes of at least 4 members (excludes halogenated alkanes) is 1. The van der Waals surface area contributed by atoms with E-state index in [9.17, 15) is 4.79 Å². The minimum absolute atomic E-state index is 0. The van der Waals surface area contributed by atoms with Gasteiger partial charge in [-0.3, -0.25) is 4.79 Å². The molecule has 2 N–H and O–H groups in total. The quantitative estimate of drug-likeness (QED) is 0.239. The van der Waals surface area contributed by atoms with E-state index in [1.54, 1.807) is 24.6 Å². The van der Waals surface area contributed by atoms with E-state index in [1.807, 2.05) is 25.3 Å². The summed E-state index contributed by atoms with van der Waals surface area (Å²) in [5, 5.41) is 4.33. The van der Waals surface area contributed by atoms with Crippen LogP contribution in [0.25, 0.3) is 0 Å². The molecule has 1 unspecified atom stereocenters. The Morgan fingerprint density at radius 1 is 1.14 bits per heavy atom. The standard InChI is InChI=1S/C26H32N4O3S.Li.H2O/c1-3-33-24(31)15-22(19-11-13-23(32-2)28-16-19)26-29-17-21(34-26)9-5-4-8-20-12-10-18-7-6-14-27-25(18)30-20;;/h10-13,16-17,22H,3-9,14-15H2,1-2H3,(H,27,30);;1H2/q;+1;/p-1. The number of thiazole rings is 1. The van der Waals surface area contributed by atoms with E-state index in [0.29, 0.717) is 12.5 Å². The second-order valence-corrected chi connectivity index (χ2v) is 9.55. The molecule has 36 heavy (non-hydrogen) atoms. The molecule has 0 amide bonds. The molecule has 0 aromatic carbocycles. The van der Waals surface area contributed by atoms with Crippen molar-refractivity contribution < 1.29 is 38.6 Å². The molecule has 1 atom stereocenters. The monoisotopic (exact) mass is 504 g/mol. The first-order valence-corrected chi connectivity index (χ1v) is 12.8. The van der Waals surface area contributed by atoms with Gasteiger partial charge in [-0.1, -0.05) is 12.1 Å². The summed E-state index contributed by atoms with van der Waals surface area (Å²) in [6.07, 6.45) is 10.3. The van der Waals surface area contributed by atoms with E-state index in [-0.39, 0.29) is 42.6 Å². The van der Waals surface area contributed by atoms with Crippen LogP contribution in [-0.4, -0.2) is 46.7 Å². The van der Waals surface area contributed by atoms with Crippen LogP contribution in [0, 0.1) is 0 Å². The van der Waals surface area contributed by atoms with Gasteiger partial charge in [0.25, 0.3) is 0 Å². The van der Waals surface area contributed by atoms with Gasteiger partial charge < -0.3 is 20.3 Å². The molecule has 4 rings (SSSR count). The van der Waals surface area contributed by atoms with E-state index in [2.05, 4.69) is 27.4 Å². The maximum atomic E-state index is 12.3. The van der Waals surface area contributed by atoms with Crippen molar-refractivity contribution in [3.8, 4) is 5.88 Å². The maximum absolute atomic E-state index is 12.3. The molecule has 3 aromatic rings. The fourth-order valence-electron chi connectivity index (χ4n) is 4.17. The van der Waals surface area contributed by atoms with Gasteiger partial charge in [-0.2, -0.15) is 0 Å². The zero-order chi connectivity index (χ0) is 23.8. The molecule has 188 valence electrons. The molecule has 4 heterocycles. The van der Waals surface area contributed by atoms with Crippen LogP contribution in [0.1, 0.15) is 65.2 Å². The number of carbonyl (C=O) groups excluding carboxylic acids is 1. The summed E-state index contributed by atoms with van der Waals surface area (Å²) in [5.74, 6) is 1.20. The number of methoxy groups -OCH3 is 1. The average molecular weight is 505 g/mol. The number of aryl methyl sites for hydroxylation is 3. The van der Waals surface area contributed by atoms with Gasteiger partial charge in [-0.25, -0.2) is 15.0 Å². The van der Waals surface area contributed by atoms with Gasteiger partial charge in [0.2, 0.25) is 5.88 Å². The predicted molar refractivity (Wildman–Crippen MR) is 136 cm³/mol. The number of aromatic nitrogens is 3. The number of pyridine rings is 2. The third kappa shape index (κ3) is 8.04. The van der Waals surface area contributed by atoms with Crippen molar-refractivity contribution in [2.45, 2.75) is 57.8 Å². The Bertz CT molecular complexity index is 1090. The maximum Gasteiger partial charge on any atom is 1.00 e. The van der Waals surface area contributed by atoms with Crippen molar-refractivity contribution in [3.05, 3.63) is 63.4 Å². The third-order valence-electron chi connectivity index (χ3n) is 5.97. The van der Waals surface area contributed by atoms with E-state index in [1.165, 1.54) is 16.9 Å². The molecule has 1 aliphatic rings. The Hall–Kier alpha value is -2.44. The molecule has 0 radical (unpaired) electrons. The fraction of sp³-hybridized carbons (Fsp3) is 0.462. The van der Waals surface area contributed by atoms with Gasteiger partial charge in [0, 0.05) is 41.5 Å². The number of rotatable bonds is 11. The van der Waals surface area contributed by atoms with Crippen LogP contribution in [0.5, 0.6) is 5.88 Å². The zero-order valence-electron chi connectivity index (χ0n) is 21.3. The van der Waals surface area contributed by atoms with Crippen LogP contribution in [0.15, 0.2) is 36.7 Å². The molecule has 10 heteroatoms. The molecule has 0 spiro atoms. The zero-order valence-corrected chi connectivity index (χ0v) is 22.1. The van der Waals surface area contributed by atoms with E-state index < -0.39 is 0 Å². The normalized spacial score (nSPS) is 12.8. The molecule has 0 fully saturated rings. The summed E-state index contributed by atoms with van der Waals surface area (Å²) in [5.41, 5.74) is 3.41. The molecule has 3 aromatic heterocycles. The van der Waals surface area contributed by atoms with Crippen LogP contribution in [0.2, 0.25) is 0 Å². The number of nitrogens with zero attached hydrogens (tertiary/aromatic N) is 3. The first-order valence-electron chi connectivity index (χ1n) is 12.0. The molecule has 0 aliphatic carbocycles. The number of carbonyl (C=O) groups is 1. The summed E-state index contributed by atoms with van der Waals surface area (Å²) in [7, 11) is 1.59. The molecule has 8 nitrogen and oxygen atoms in total. The molecule has 0 bridgehead atoms. The topological polar surface area (TPSA) is 116 Å². The molecule has 1 aliphatic heterocycles. The summed E-state index contributed by atoms with van der Waals surface area (Å²) in [6, 6.07) is 8.14. The second-order valence-electron chi connectivity index (χ2n) is 8.41. The first kappa shape index (κ1) is 29.8. The fourth-order valence-corrected chi connectivity index (χ4v) is 5.25. The van der Waals surface area contributed by atoms with Gasteiger partial charge >= 0.3 is 24.8 Å². The van der Waals surface area contributed by atoms with Crippen molar-refractivity contribution in [2.24, 2.45) is 0 Å². The summed E-state index contributed by atoms with van der Waals surface area (Å²) in [6.45, 7) is 3.20. The Kier molecular flexibility index (Phi) is 12.4. The van der Waals surface area contributed by atoms with Gasteiger partial charge in [0.05, 0.1) is 20.1 Å². The number of hydrogen-bond acceptors (Lipinski definition) is 9. The van der Waals surface area contributed by atoms with Crippen LogP contribution < -0.4 is 28.9 Å². The predicted octanol–water partition coefficient (Wildman–Crippen LogP) is 1.78. The molecule has 0 saturated carbocycles. The molecular formula is C26H33LiN4O4S. The Balaban J connectivity index is 0.00000228. The van der Waals surface area contributed by atoms with Crippen LogP contribution in [0.4, 0.5) is 5.82 Å². The summed E-state index contributed by atoms with van der Waals surface area (Å²) in [4.78, 5) is 27.3. The smallest absolute Gasteiger partial charge is 0.870 e. The number of esters is 1. The number of anilines is 1. The van der Waals surface area contributed by atoms with Crippen LogP contribution >= 0.6 is 11.3 Å². The third-order valence-corrected chi connectivity index (χ3v) is 7.15. The van der Waals surface area contributed by atoms with Crippen molar-refractivity contribution >= 4 is 23.1 Å². The largest absolute Gasteiger partial charge is 1.00 e. The average Bonchev–Trinajstić information content (AvgIpc) is 3.34. The first-order chi connectivity index (χ1) is 16.7. The van der Waals surface area contributed by atoms with Crippen LogP contribution in [0.3, 0.4) is 0 Å². The minimum atomic E-state index is -0.230. The molecular weight excluding hydrogens is 471 g/mol. The van der Waals surface area contributed by atoms with Crippen molar-refractivity contribution in [2.75, 3.05) is 25.6 Å². The summed E-state index contributed by atoms with van der Waals surface area (Å²) < 4.78 is 10.4. The Labute approximate surface area is 228 Å². The number of ether oxygens (including phenoxy) is 2. The number of hydrogen-bond donors (Lipinski definition) is 1. The van der Waals surface area contributed by atoms with Crippen molar-refractivity contribution in [1.29, 1.82) is 0 Å². The Morgan fingerprint density at radius 3 is 2.72 bits per heavy atom. The summed E-state index contributed by atoms with van der Waals surface area (Å²) >= 11 is 1.67. The number of fused-ring (bicyclic) bond motifs is 1. The van der Waals surface area contributed by atoms with Crippen molar-refractivity contribution in [3.63, 3.8) is 0 Å². The van der Waals surface area contributed by atoms with Gasteiger partial charge in [-0.15, -0.1) is 11.3 Å². The van der Waals surface area contributed by atoms with Gasteiger partial charge in [0.1, 0.15) is 10.8 Å². The van der Waals surface area contributed by atoms with Crippen LogP contribution in [-0.2, 0) is 28.8 Å².